The molecule has 14 atom stereocenters. The Hall–Kier alpha value is -1.26. The van der Waals surface area contributed by atoms with Crippen LogP contribution in [0.25, 0.3) is 0 Å². The summed E-state index contributed by atoms with van der Waals surface area (Å²) in [4.78, 5) is 24.1. The van der Waals surface area contributed by atoms with Crippen molar-refractivity contribution in [1.29, 1.82) is 0 Å². The van der Waals surface area contributed by atoms with Crippen molar-refractivity contribution in [2.75, 3.05) is 0 Å². The Labute approximate surface area is 356 Å². The van der Waals surface area contributed by atoms with Crippen molar-refractivity contribution in [2.45, 2.75) is 222 Å². The molecule has 8 aliphatic rings. The molecule has 8 rings (SSSR count). The van der Waals surface area contributed by atoms with Gasteiger partial charge in [-0.05, 0) is 197 Å². The van der Waals surface area contributed by atoms with Crippen molar-refractivity contribution in [3.63, 3.8) is 0 Å². The summed E-state index contributed by atoms with van der Waals surface area (Å²) in [7, 11) is 0. The number of carbonyl (C=O) groups excluding carboxylic acids is 2. The molecule has 0 radical (unpaired) electrons. The van der Waals surface area contributed by atoms with Crippen LogP contribution in [0.4, 0.5) is 0 Å². The number of ketones is 2. The smallest absolute Gasteiger partial charge is 0.155 e. The summed E-state index contributed by atoms with van der Waals surface area (Å²) in [5, 5.41) is 23.1. The number of fused-ring (bicyclic) bond motifs is 10. The van der Waals surface area contributed by atoms with Crippen molar-refractivity contribution in [3.8, 4) is 0 Å². The summed E-state index contributed by atoms with van der Waals surface area (Å²) < 4.78 is 0. The molecule has 0 aliphatic heterocycles. The molecule has 6 saturated carbocycles. The maximum Gasteiger partial charge on any atom is 0.155 e. The van der Waals surface area contributed by atoms with Gasteiger partial charge >= 0.3 is 0 Å². The fourth-order valence-electron chi connectivity index (χ4n) is 17.2. The van der Waals surface area contributed by atoms with Crippen LogP contribution in [-0.4, -0.2) is 33.0 Å². The summed E-state index contributed by atoms with van der Waals surface area (Å²) in [6.45, 7) is 23.4. The van der Waals surface area contributed by atoms with Gasteiger partial charge in [0.15, 0.2) is 5.78 Å². The highest BCUT2D eigenvalue weighted by molar-refractivity contribution is 5.91. The van der Waals surface area contributed by atoms with Crippen LogP contribution in [0.3, 0.4) is 0 Å². The lowest BCUT2D eigenvalue weighted by Gasteiger charge is -2.59. The largest absolute Gasteiger partial charge is 0.390 e. The lowest BCUT2D eigenvalue weighted by molar-refractivity contribution is -0.124. The number of carbonyl (C=O) groups is 2. The monoisotopic (exact) mass is 801 g/mol. The molecule has 0 aromatic heterocycles. The predicted molar refractivity (Wildman–Crippen MR) is 239 cm³/mol. The number of allylic oxidation sites excluding steroid dienone is 3. The van der Waals surface area contributed by atoms with E-state index in [1.807, 2.05) is 6.08 Å². The van der Waals surface area contributed by atoms with Crippen LogP contribution in [0.5, 0.6) is 0 Å². The quantitative estimate of drug-likeness (QED) is 0.216. The number of hydrogen-bond acceptors (Lipinski definition) is 4. The maximum atomic E-state index is 12.1. The maximum absolute atomic E-state index is 12.1. The van der Waals surface area contributed by atoms with Gasteiger partial charge in [0, 0.05) is 19.3 Å². The Bertz CT molecular complexity index is 1580. The average Bonchev–Trinajstić information content (AvgIpc) is 3.70. The molecule has 0 spiro atoms. The van der Waals surface area contributed by atoms with Gasteiger partial charge in [-0.3, -0.25) is 9.59 Å². The highest BCUT2D eigenvalue weighted by Crippen LogP contribution is 2.69. The first-order valence-electron chi connectivity index (χ1n) is 25.1. The van der Waals surface area contributed by atoms with E-state index in [4.69, 9.17) is 0 Å². The SMILES string of the molecule is CC(C)CCC[C@](C)(O)C1CCC2C3CC=C4CC(=O)CC[C@]4(C)C3CC[C@@]21C.CC(C)CCC[C@](C)(O)C1CCC2C3CCC4=CC(=O)CC[C@]4(C)C3CC[C@@]21C. The van der Waals surface area contributed by atoms with Crippen LogP contribution in [0, 0.1) is 80.8 Å². The van der Waals surface area contributed by atoms with Crippen LogP contribution < -0.4 is 0 Å². The summed E-state index contributed by atoms with van der Waals surface area (Å²) in [5.41, 5.74) is 2.99. The normalized spacial score (nSPS) is 44.0. The van der Waals surface area contributed by atoms with Crippen molar-refractivity contribution < 1.29 is 19.8 Å². The van der Waals surface area contributed by atoms with Crippen LogP contribution in [0.15, 0.2) is 23.3 Å². The standard InChI is InChI=1S/2C27H44O2/c2*1-18(2)7-6-14-27(5,29)24-11-10-22-21-9-8-19-17-20(28)12-15-25(19,3)23(21)13-16-26(22,24)4/h17-18,21-24,29H,6-16H2,1-5H3;8,18,21-24,29H,6-7,9-17H2,1-5H3/t2*21?,22?,23?,24?,25-,26-,27-/m00/s1. The molecule has 0 aromatic carbocycles. The molecule has 0 saturated heterocycles. The van der Waals surface area contributed by atoms with Crippen LogP contribution in [0.1, 0.15) is 210 Å². The van der Waals surface area contributed by atoms with Gasteiger partial charge in [0.25, 0.3) is 0 Å². The molecule has 2 N–H and O–H groups in total. The first-order chi connectivity index (χ1) is 27.2. The fraction of sp³-hybridized carbons (Fsp3) is 0.889. The van der Waals surface area contributed by atoms with E-state index in [-0.39, 0.29) is 16.2 Å². The molecule has 6 fully saturated rings. The van der Waals surface area contributed by atoms with Gasteiger partial charge in [-0.15, -0.1) is 0 Å². The third-order valence-electron chi connectivity index (χ3n) is 20.3. The molecule has 0 amide bonds. The minimum absolute atomic E-state index is 0.260. The lowest BCUT2D eigenvalue weighted by atomic mass is 9.46. The van der Waals surface area contributed by atoms with E-state index in [2.05, 4.69) is 75.3 Å². The van der Waals surface area contributed by atoms with Gasteiger partial charge in [0.2, 0.25) is 0 Å². The van der Waals surface area contributed by atoms with Crippen LogP contribution in [-0.2, 0) is 9.59 Å². The Morgan fingerprint density at radius 2 is 1.12 bits per heavy atom. The summed E-state index contributed by atoms with van der Waals surface area (Å²) >= 11 is 0. The van der Waals surface area contributed by atoms with Crippen molar-refractivity contribution in [3.05, 3.63) is 23.3 Å². The second-order valence-electron chi connectivity index (χ2n) is 24.6. The third kappa shape index (κ3) is 7.98. The number of aliphatic hydroxyl groups is 2. The van der Waals surface area contributed by atoms with Crippen LogP contribution >= 0.6 is 0 Å². The highest BCUT2D eigenvalue weighted by Gasteiger charge is 2.63. The zero-order chi connectivity index (χ0) is 42.1. The molecular weight excluding hydrogens is 713 g/mol. The van der Waals surface area contributed by atoms with Gasteiger partial charge in [-0.2, -0.15) is 0 Å². The van der Waals surface area contributed by atoms with E-state index >= 15 is 0 Å². The van der Waals surface area contributed by atoms with Crippen molar-refractivity contribution in [1.82, 2.24) is 0 Å². The van der Waals surface area contributed by atoms with E-state index in [1.54, 1.807) is 0 Å². The minimum atomic E-state index is -0.526. The number of hydrogen-bond donors (Lipinski definition) is 2. The van der Waals surface area contributed by atoms with E-state index < -0.39 is 11.2 Å². The topological polar surface area (TPSA) is 74.6 Å². The predicted octanol–water partition coefficient (Wildman–Crippen LogP) is 13.4. The molecule has 0 aromatic rings. The van der Waals surface area contributed by atoms with Gasteiger partial charge in [-0.1, -0.05) is 98.3 Å². The summed E-state index contributed by atoms with van der Waals surface area (Å²) in [5.74, 6) is 7.70. The second-order valence-corrected chi connectivity index (χ2v) is 24.6. The zero-order valence-corrected chi connectivity index (χ0v) is 39.2. The number of Topliss-reactive ketones (excluding diaryl/α,β-unsaturated/α-hetero) is 1. The molecular formula is C54H88O4. The molecule has 4 nitrogen and oxygen atoms in total. The fourth-order valence-corrected chi connectivity index (χ4v) is 17.2. The Kier molecular flexibility index (Phi) is 12.7. The van der Waals surface area contributed by atoms with Crippen LogP contribution in [0.2, 0.25) is 0 Å². The average molecular weight is 801 g/mol. The van der Waals surface area contributed by atoms with Gasteiger partial charge < -0.3 is 10.2 Å². The summed E-state index contributed by atoms with van der Waals surface area (Å²) in [6, 6.07) is 0. The highest BCUT2D eigenvalue weighted by atomic mass is 16.3. The lowest BCUT2D eigenvalue weighted by Crippen LogP contribution is -2.53. The minimum Gasteiger partial charge on any atom is -0.390 e. The zero-order valence-electron chi connectivity index (χ0n) is 39.2. The first kappa shape index (κ1) is 44.8. The van der Waals surface area contributed by atoms with Gasteiger partial charge in [0.1, 0.15) is 5.78 Å². The van der Waals surface area contributed by atoms with E-state index in [1.165, 1.54) is 88.2 Å². The first-order valence-corrected chi connectivity index (χ1v) is 25.1. The molecule has 328 valence electrons. The number of rotatable bonds is 10. The molecule has 4 heteroatoms. The Morgan fingerprint density at radius 1 is 0.621 bits per heavy atom. The molecule has 58 heavy (non-hydrogen) atoms. The second kappa shape index (κ2) is 16.5. The molecule has 8 unspecified atom stereocenters. The van der Waals surface area contributed by atoms with E-state index in [0.29, 0.717) is 28.8 Å². The van der Waals surface area contributed by atoms with Crippen molar-refractivity contribution >= 4 is 11.6 Å². The van der Waals surface area contributed by atoms with Gasteiger partial charge in [0.05, 0.1) is 11.2 Å². The Morgan fingerprint density at radius 3 is 1.67 bits per heavy atom. The van der Waals surface area contributed by atoms with Crippen molar-refractivity contribution in [2.24, 2.45) is 80.8 Å². The third-order valence-corrected chi connectivity index (χ3v) is 20.3. The molecule has 8 aliphatic carbocycles. The Balaban J connectivity index is 0.000000177. The van der Waals surface area contributed by atoms with E-state index in [9.17, 15) is 19.8 Å². The van der Waals surface area contributed by atoms with E-state index in [0.717, 1.165) is 112 Å². The molecule has 0 heterocycles. The summed E-state index contributed by atoms with van der Waals surface area (Å²) in [6.07, 6.45) is 29.2. The van der Waals surface area contributed by atoms with Gasteiger partial charge in [-0.25, -0.2) is 0 Å². The molecule has 0 bridgehead atoms.